The average Bonchev–Trinajstić information content (AvgIpc) is 2.36. The summed E-state index contributed by atoms with van der Waals surface area (Å²) in [5.41, 5.74) is 0.306. The second-order valence-electron chi connectivity index (χ2n) is 2.85. The SMILES string of the molecule is C=CC1(C=C)CCCC1. The molecule has 0 bridgehead atoms. The normalized spacial score (nSPS) is 23.6. The Morgan fingerprint density at radius 1 is 1.00 bits per heavy atom. The molecule has 1 aliphatic carbocycles. The Kier molecular flexibility index (Phi) is 1.75. The Bertz CT molecular complexity index is 106. The van der Waals surface area contributed by atoms with Crippen LogP contribution in [-0.2, 0) is 0 Å². The number of allylic oxidation sites excluding steroid dienone is 2. The average molecular weight is 122 g/mol. The van der Waals surface area contributed by atoms with Crippen molar-refractivity contribution in [2.75, 3.05) is 0 Å². The highest BCUT2D eigenvalue weighted by Gasteiger charge is 2.26. The first-order valence-electron chi connectivity index (χ1n) is 3.60. The van der Waals surface area contributed by atoms with Crippen molar-refractivity contribution in [3.63, 3.8) is 0 Å². The fourth-order valence-corrected chi connectivity index (χ4v) is 1.52. The summed E-state index contributed by atoms with van der Waals surface area (Å²) in [5.74, 6) is 0. The molecule has 1 aliphatic rings. The molecule has 0 aromatic carbocycles. The Morgan fingerprint density at radius 3 is 1.67 bits per heavy atom. The van der Waals surface area contributed by atoms with Gasteiger partial charge in [-0.1, -0.05) is 25.0 Å². The van der Waals surface area contributed by atoms with E-state index in [2.05, 4.69) is 13.2 Å². The van der Waals surface area contributed by atoms with E-state index in [0.717, 1.165) is 0 Å². The summed E-state index contributed by atoms with van der Waals surface area (Å²) < 4.78 is 0. The second kappa shape index (κ2) is 2.38. The molecule has 1 fully saturated rings. The van der Waals surface area contributed by atoms with Crippen molar-refractivity contribution < 1.29 is 0 Å². The molecule has 0 aliphatic heterocycles. The van der Waals surface area contributed by atoms with Gasteiger partial charge in [0.05, 0.1) is 0 Å². The van der Waals surface area contributed by atoms with Crippen LogP contribution in [-0.4, -0.2) is 0 Å². The van der Waals surface area contributed by atoms with Gasteiger partial charge in [0.15, 0.2) is 0 Å². The fourth-order valence-electron chi connectivity index (χ4n) is 1.52. The van der Waals surface area contributed by atoms with Gasteiger partial charge in [-0.3, -0.25) is 0 Å². The van der Waals surface area contributed by atoms with Gasteiger partial charge in [-0.2, -0.15) is 0 Å². The molecule has 0 spiro atoms. The van der Waals surface area contributed by atoms with Crippen LogP contribution in [0.3, 0.4) is 0 Å². The monoisotopic (exact) mass is 122 g/mol. The summed E-state index contributed by atoms with van der Waals surface area (Å²) in [6.45, 7) is 7.63. The van der Waals surface area contributed by atoms with Crippen LogP contribution in [0.4, 0.5) is 0 Å². The van der Waals surface area contributed by atoms with Crippen LogP contribution in [0.1, 0.15) is 25.7 Å². The summed E-state index contributed by atoms with van der Waals surface area (Å²) in [4.78, 5) is 0. The predicted molar refractivity (Wildman–Crippen MR) is 41.3 cm³/mol. The lowest BCUT2D eigenvalue weighted by atomic mass is 9.87. The molecule has 0 N–H and O–H groups in total. The van der Waals surface area contributed by atoms with Crippen LogP contribution in [0.25, 0.3) is 0 Å². The molecule has 0 unspecified atom stereocenters. The van der Waals surface area contributed by atoms with E-state index in [4.69, 9.17) is 0 Å². The van der Waals surface area contributed by atoms with Crippen LogP contribution in [0, 0.1) is 5.41 Å². The topological polar surface area (TPSA) is 0 Å². The van der Waals surface area contributed by atoms with Gasteiger partial charge in [-0.15, -0.1) is 13.2 Å². The van der Waals surface area contributed by atoms with E-state index < -0.39 is 0 Å². The molecular formula is C9H14. The minimum absolute atomic E-state index is 0.306. The lowest BCUT2D eigenvalue weighted by molar-refractivity contribution is 0.517. The zero-order valence-corrected chi connectivity index (χ0v) is 5.90. The van der Waals surface area contributed by atoms with Gasteiger partial charge in [0, 0.05) is 5.41 Å². The smallest absolute Gasteiger partial charge is 0.00556 e. The molecule has 0 heteroatoms. The van der Waals surface area contributed by atoms with Gasteiger partial charge in [0.25, 0.3) is 0 Å². The molecule has 0 heterocycles. The van der Waals surface area contributed by atoms with Crippen LogP contribution in [0.15, 0.2) is 25.3 Å². The van der Waals surface area contributed by atoms with Gasteiger partial charge >= 0.3 is 0 Å². The van der Waals surface area contributed by atoms with Crippen molar-refractivity contribution in [1.82, 2.24) is 0 Å². The third-order valence-electron chi connectivity index (χ3n) is 2.35. The lowest BCUT2D eigenvalue weighted by Gasteiger charge is -2.17. The van der Waals surface area contributed by atoms with Gasteiger partial charge in [-0.25, -0.2) is 0 Å². The van der Waals surface area contributed by atoms with Crippen LogP contribution in [0.2, 0.25) is 0 Å². The first-order valence-corrected chi connectivity index (χ1v) is 3.60. The van der Waals surface area contributed by atoms with E-state index in [1.54, 1.807) is 0 Å². The first-order chi connectivity index (χ1) is 4.33. The summed E-state index contributed by atoms with van der Waals surface area (Å²) in [6.07, 6.45) is 9.32. The summed E-state index contributed by atoms with van der Waals surface area (Å²) in [7, 11) is 0. The number of hydrogen-bond donors (Lipinski definition) is 0. The Balaban J connectivity index is 2.66. The molecule has 9 heavy (non-hydrogen) atoms. The summed E-state index contributed by atoms with van der Waals surface area (Å²) in [5, 5.41) is 0. The highest BCUT2D eigenvalue weighted by atomic mass is 14.3. The van der Waals surface area contributed by atoms with Crippen molar-refractivity contribution in [1.29, 1.82) is 0 Å². The van der Waals surface area contributed by atoms with Crippen molar-refractivity contribution in [3.05, 3.63) is 25.3 Å². The van der Waals surface area contributed by atoms with Crippen LogP contribution in [0.5, 0.6) is 0 Å². The Hall–Kier alpha value is -0.520. The van der Waals surface area contributed by atoms with E-state index in [1.807, 2.05) is 12.2 Å². The molecule has 1 saturated carbocycles. The Labute approximate surface area is 57.3 Å². The molecule has 0 amide bonds. The molecule has 0 saturated heterocycles. The number of rotatable bonds is 2. The third kappa shape index (κ3) is 1.07. The van der Waals surface area contributed by atoms with Gasteiger partial charge < -0.3 is 0 Å². The number of hydrogen-bond acceptors (Lipinski definition) is 0. The zero-order valence-electron chi connectivity index (χ0n) is 5.90. The standard InChI is InChI=1S/C9H14/c1-3-9(4-2)7-5-6-8-9/h3-4H,1-2,5-8H2. The molecule has 50 valence electrons. The van der Waals surface area contributed by atoms with Crippen molar-refractivity contribution >= 4 is 0 Å². The van der Waals surface area contributed by atoms with E-state index >= 15 is 0 Å². The molecule has 0 radical (unpaired) electrons. The van der Waals surface area contributed by atoms with E-state index in [0.29, 0.717) is 5.41 Å². The zero-order chi connectivity index (χ0) is 6.74. The largest absolute Gasteiger partial charge is 0.102 e. The van der Waals surface area contributed by atoms with Crippen molar-refractivity contribution in [2.24, 2.45) is 5.41 Å². The third-order valence-corrected chi connectivity index (χ3v) is 2.35. The Morgan fingerprint density at radius 2 is 1.44 bits per heavy atom. The maximum atomic E-state index is 3.81. The fraction of sp³-hybridized carbons (Fsp3) is 0.556. The minimum Gasteiger partial charge on any atom is -0.102 e. The van der Waals surface area contributed by atoms with Gasteiger partial charge in [0.1, 0.15) is 0 Å². The molecule has 1 rings (SSSR count). The van der Waals surface area contributed by atoms with Gasteiger partial charge in [-0.05, 0) is 12.8 Å². The predicted octanol–water partition coefficient (Wildman–Crippen LogP) is 2.92. The first kappa shape index (κ1) is 6.60. The van der Waals surface area contributed by atoms with Crippen molar-refractivity contribution in [3.8, 4) is 0 Å². The maximum absolute atomic E-state index is 3.81. The summed E-state index contributed by atoms with van der Waals surface area (Å²) in [6, 6.07) is 0. The molecule has 0 aromatic heterocycles. The highest BCUT2D eigenvalue weighted by Crippen LogP contribution is 2.39. The molecule has 0 atom stereocenters. The molecule has 0 aromatic rings. The highest BCUT2D eigenvalue weighted by molar-refractivity contribution is 5.08. The maximum Gasteiger partial charge on any atom is 0.00556 e. The van der Waals surface area contributed by atoms with Gasteiger partial charge in [0.2, 0.25) is 0 Å². The quantitative estimate of drug-likeness (QED) is 0.494. The second-order valence-corrected chi connectivity index (χ2v) is 2.85. The van der Waals surface area contributed by atoms with E-state index in [9.17, 15) is 0 Å². The summed E-state index contributed by atoms with van der Waals surface area (Å²) >= 11 is 0. The molecular weight excluding hydrogens is 108 g/mol. The van der Waals surface area contributed by atoms with Crippen molar-refractivity contribution in [2.45, 2.75) is 25.7 Å². The lowest BCUT2D eigenvalue weighted by Crippen LogP contribution is -2.06. The van der Waals surface area contributed by atoms with E-state index in [-0.39, 0.29) is 0 Å². The minimum atomic E-state index is 0.306. The molecule has 0 nitrogen and oxygen atoms in total. The van der Waals surface area contributed by atoms with E-state index in [1.165, 1.54) is 25.7 Å². The van der Waals surface area contributed by atoms with Crippen LogP contribution >= 0.6 is 0 Å². The van der Waals surface area contributed by atoms with Crippen LogP contribution < -0.4 is 0 Å².